The summed E-state index contributed by atoms with van der Waals surface area (Å²) in [5.74, 6) is -1.05. The Bertz CT molecular complexity index is 391. The second-order valence-corrected chi connectivity index (χ2v) is 4.90. The van der Waals surface area contributed by atoms with E-state index in [9.17, 15) is 8.78 Å². The van der Waals surface area contributed by atoms with Gasteiger partial charge in [-0.3, -0.25) is 4.90 Å². The maximum atomic E-state index is 13.1. The minimum atomic E-state index is -0.525. The van der Waals surface area contributed by atoms with Crippen molar-refractivity contribution < 1.29 is 8.78 Å². The van der Waals surface area contributed by atoms with Gasteiger partial charge in [-0.15, -0.1) is 0 Å². The van der Waals surface area contributed by atoms with Gasteiger partial charge in [-0.1, -0.05) is 0 Å². The number of hydrogen-bond acceptors (Lipinski definition) is 3. The van der Waals surface area contributed by atoms with Gasteiger partial charge in [0.15, 0.2) is 0 Å². The smallest absolute Gasteiger partial charge is 0.126 e. The van der Waals surface area contributed by atoms with Gasteiger partial charge < -0.3 is 10.6 Å². The molecule has 3 nitrogen and oxygen atoms in total. The first-order chi connectivity index (χ1) is 8.58. The van der Waals surface area contributed by atoms with E-state index in [-0.39, 0.29) is 6.04 Å². The Morgan fingerprint density at radius 1 is 1.22 bits per heavy atom. The van der Waals surface area contributed by atoms with E-state index in [4.69, 9.17) is 5.73 Å². The first-order valence-electron chi connectivity index (χ1n) is 6.16. The molecule has 1 aliphatic heterocycles. The van der Waals surface area contributed by atoms with Gasteiger partial charge in [0.05, 0.1) is 0 Å². The number of nitrogens with two attached hydrogens (primary N) is 1. The first-order valence-corrected chi connectivity index (χ1v) is 6.16. The lowest BCUT2D eigenvalue weighted by molar-refractivity contribution is 0.0879. The van der Waals surface area contributed by atoms with Crippen LogP contribution in [-0.2, 0) is 6.54 Å². The predicted molar refractivity (Wildman–Crippen MR) is 67.1 cm³/mol. The highest BCUT2D eigenvalue weighted by Crippen LogP contribution is 2.15. The normalized spacial score (nSPS) is 22.3. The third-order valence-corrected chi connectivity index (χ3v) is 3.39. The Morgan fingerprint density at radius 3 is 2.50 bits per heavy atom. The molecule has 5 heteroatoms. The zero-order chi connectivity index (χ0) is 13.1. The number of likely N-dealkylation sites (N-methyl/N-ethyl adjacent to an activating group) is 1. The molecule has 1 saturated heterocycles. The van der Waals surface area contributed by atoms with E-state index >= 15 is 0 Å². The van der Waals surface area contributed by atoms with Crippen molar-refractivity contribution in [3.63, 3.8) is 0 Å². The van der Waals surface area contributed by atoms with E-state index < -0.39 is 11.6 Å². The Kier molecular flexibility index (Phi) is 4.27. The maximum Gasteiger partial charge on any atom is 0.126 e. The quantitative estimate of drug-likeness (QED) is 0.876. The fraction of sp³-hybridized carbons (Fsp3) is 0.538. The van der Waals surface area contributed by atoms with Gasteiger partial charge >= 0.3 is 0 Å². The molecular formula is C13H19F2N3. The van der Waals surface area contributed by atoms with Crippen molar-refractivity contribution in [2.24, 2.45) is 5.73 Å². The van der Waals surface area contributed by atoms with E-state index in [1.807, 2.05) is 0 Å². The van der Waals surface area contributed by atoms with Crippen LogP contribution in [0.1, 0.15) is 5.56 Å². The van der Waals surface area contributed by atoms with Gasteiger partial charge in [0, 0.05) is 44.8 Å². The predicted octanol–water partition coefficient (Wildman–Crippen LogP) is 1.04. The third-order valence-electron chi connectivity index (χ3n) is 3.39. The average molecular weight is 255 g/mol. The summed E-state index contributed by atoms with van der Waals surface area (Å²) in [6, 6.07) is 3.91. The van der Waals surface area contributed by atoms with Crippen LogP contribution in [0.3, 0.4) is 0 Å². The Balaban J connectivity index is 2.07. The first kappa shape index (κ1) is 13.4. The maximum absolute atomic E-state index is 13.1. The molecule has 0 aromatic heterocycles. The zero-order valence-electron chi connectivity index (χ0n) is 10.6. The summed E-state index contributed by atoms with van der Waals surface area (Å²) in [5.41, 5.74) is 6.42. The third kappa shape index (κ3) is 3.25. The summed E-state index contributed by atoms with van der Waals surface area (Å²) in [6.45, 7) is 3.83. The van der Waals surface area contributed by atoms with Gasteiger partial charge in [-0.05, 0) is 24.7 Å². The second-order valence-electron chi connectivity index (χ2n) is 4.90. The molecule has 2 rings (SSSR count). The molecule has 2 N–H and O–H groups in total. The molecular weight excluding hydrogens is 236 g/mol. The minimum absolute atomic E-state index is 0.245. The highest BCUT2D eigenvalue weighted by molar-refractivity contribution is 5.18. The molecule has 1 fully saturated rings. The number of halogens is 2. The van der Waals surface area contributed by atoms with Crippen molar-refractivity contribution in [2.45, 2.75) is 12.6 Å². The number of benzene rings is 1. The van der Waals surface area contributed by atoms with Gasteiger partial charge in [0.2, 0.25) is 0 Å². The lowest BCUT2D eigenvalue weighted by Gasteiger charge is -2.39. The molecule has 0 aliphatic carbocycles. The Labute approximate surface area is 106 Å². The van der Waals surface area contributed by atoms with Crippen molar-refractivity contribution in [3.8, 4) is 0 Å². The molecule has 1 aliphatic rings. The van der Waals surface area contributed by atoms with E-state index in [1.165, 1.54) is 12.1 Å². The van der Waals surface area contributed by atoms with Crippen LogP contribution in [0.5, 0.6) is 0 Å². The highest BCUT2D eigenvalue weighted by atomic mass is 19.1. The van der Waals surface area contributed by atoms with Crippen LogP contribution in [0.2, 0.25) is 0 Å². The lowest BCUT2D eigenvalue weighted by Crippen LogP contribution is -2.54. The van der Waals surface area contributed by atoms with Crippen LogP contribution in [0.25, 0.3) is 0 Å². The minimum Gasteiger partial charge on any atom is -0.329 e. The van der Waals surface area contributed by atoms with Crippen LogP contribution in [0, 0.1) is 11.6 Å². The van der Waals surface area contributed by atoms with Crippen molar-refractivity contribution in [1.29, 1.82) is 0 Å². The van der Waals surface area contributed by atoms with E-state index in [1.54, 1.807) is 0 Å². The zero-order valence-corrected chi connectivity index (χ0v) is 10.6. The van der Waals surface area contributed by atoms with E-state index in [2.05, 4.69) is 16.8 Å². The van der Waals surface area contributed by atoms with Crippen LogP contribution >= 0.6 is 0 Å². The van der Waals surface area contributed by atoms with Gasteiger partial charge in [-0.25, -0.2) is 8.78 Å². The molecule has 1 atom stereocenters. The molecule has 100 valence electrons. The van der Waals surface area contributed by atoms with Crippen LogP contribution in [-0.4, -0.2) is 49.1 Å². The summed E-state index contributed by atoms with van der Waals surface area (Å²) in [5, 5.41) is 0. The lowest BCUT2D eigenvalue weighted by atomic mass is 10.1. The fourth-order valence-corrected chi connectivity index (χ4v) is 2.42. The SMILES string of the molecule is CN1CCN(Cc2cc(F)cc(F)c2)C(CN)C1. The monoisotopic (exact) mass is 255 g/mol. The second kappa shape index (κ2) is 5.73. The number of rotatable bonds is 3. The van der Waals surface area contributed by atoms with E-state index in [0.717, 1.165) is 25.7 Å². The van der Waals surface area contributed by atoms with E-state index in [0.29, 0.717) is 18.7 Å². The largest absolute Gasteiger partial charge is 0.329 e. The van der Waals surface area contributed by atoms with Crippen LogP contribution in [0.15, 0.2) is 18.2 Å². The molecule has 0 bridgehead atoms. The van der Waals surface area contributed by atoms with Crippen molar-refractivity contribution in [1.82, 2.24) is 9.80 Å². The standard InChI is InChI=1S/C13H19F2N3/c1-17-2-3-18(13(7-16)9-17)8-10-4-11(14)6-12(15)5-10/h4-6,13H,2-3,7-9,16H2,1H3. The van der Waals surface area contributed by atoms with Gasteiger partial charge in [-0.2, -0.15) is 0 Å². The fourth-order valence-electron chi connectivity index (χ4n) is 2.42. The summed E-state index contributed by atoms with van der Waals surface area (Å²) in [4.78, 5) is 4.41. The summed E-state index contributed by atoms with van der Waals surface area (Å²) < 4.78 is 26.3. The number of nitrogens with zero attached hydrogens (tertiary/aromatic N) is 2. The summed E-state index contributed by atoms with van der Waals surface area (Å²) in [7, 11) is 2.06. The van der Waals surface area contributed by atoms with Crippen LogP contribution < -0.4 is 5.73 Å². The molecule has 0 spiro atoms. The molecule has 18 heavy (non-hydrogen) atoms. The number of hydrogen-bond donors (Lipinski definition) is 1. The summed E-state index contributed by atoms with van der Waals surface area (Å²) >= 11 is 0. The molecule has 0 radical (unpaired) electrons. The Morgan fingerprint density at radius 2 is 1.89 bits per heavy atom. The van der Waals surface area contributed by atoms with Crippen molar-refractivity contribution in [2.75, 3.05) is 33.2 Å². The topological polar surface area (TPSA) is 32.5 Å². The van der Waals surface area contributed by atoms with Gasteiger partial charge in [0.25, 0.3) is 0 Å². The molecule has 0 amide bonds. The summed E-state index contributed by atoms with van der Waals surface area (Å²) in [6.07, 6.45) is 0. The molecule has 1 aromatic carbocycles. The molecule has 0 saturated carbocycles. The van der Waals surface area contributed by atoms with Crippen molar-refractivity contribution >= 4 is 0 Å². The van der Waals surface area contributed by atoms with Gasteiger partial charge in [0.1, 0.15) is 11.6 Å². The molecule has 1 unspecified atom stereocenters. The van der Waals surface area contributed by atoms with Crippen molar-refractivity contribution in [3.05, 3.63) is 35.4 Å². The molecule has 1 heterocycles. The molecule has 1 aromatic rings. The Hall–Kier alpha value is -1.04. The van der Waals surface area contributed by atoms with Crippen LogP contribution in [0.4, 0.5) is 8.78 Å². The highest BCUT2D eigenvalue weighted by Gasteiger charge is 2.24. The number of piperazine rings is 1. The average Bonchev–Trinajstić information content (AvgIpc) is 2.30.